The molecule has 0 spiro atoms. The van der Waals surface area contributed by atoms with E-state index < -0.39 is 0 Å². The molecule has 20 heavy (non-hydrogen) atoms. The molecule has 2 aromatic carbocycles. The number of para-hydroxylation sites is 1. The minimum Gasteiger partial charge on any atom is -0.288 e. The minimum atomic E-state index is -0.308. The summed E-state index contributed by atoms with van der Waals surface area (Å²) in [5.74, 6) is 0.442. The van der Waals surface area contributed by atoms with E-state index in [-0.39, 0.29) is 5.69 Å². The largest absolute Gasteiger partial charge is 0.348 e. The highest BCUT2D eigenvalue weighted by Gasteiger charge is 2.10. The maximum absolute atomic E-state index is 12.0. The van der Waals surface area contributed by atoms with Crippen molar-refractivity contribution in [2.75, 3.05) is 0 Å². The van der Waals surface area contributed by atoms with Gasteiger partial charge < -0.3 is 0 Å². The van der Waals surface area contributed by atoms with E-state index in [0.29, 0.717) is 27.1 Å². The fraction of sp³-hybridized carbons (Fsp3) is 0. The molecule has 4 nitrogen and oxygen atoms in total. The molecule has 0 fully saturated rings. The molecule has 6 heteroatoms. The lowest BCUT2D eigenvalue weighted by Crippen LogP contribution is -2.15. The van der Waals surface area contributed by atoms with Gasteiger partial charge in [-0.05, 0) is 30.3 Å². The van der Waals surface area contributed by atoms with Crippen LogP contribution >= 0.6 is 23.2 Å². The highest BCUT2D eigenvalue weighted by molar-refractivity contribution is 6.42. The van der Waals surface area contributed by atoms with Gasteiger partial charge in [0.05, 0.1) is 15.7 Å². The van der Waals surface area contributed by atoms with E-state index >= 15 is 0 Å². The fourth-order valence-corrected chi connectivity index (χ4v) is 2.14. The van der Waals surface area contributed by atoms with Crippen molar-refractivity contribution in [2.24, 2.45) is 0 Å². The second kappa shape index (κ2) is 5.15. The Morgan fingerprint density at radius 2 is 1.75 bits per heavy atom. The van der Waals surface area contributed by atoms with Gasteiger partial charge in [0.25, 0.3) is 0 Å². The molecule has 0 bridgehead atoms. The molecule has 0 amide bonds. The van der Waals surface area contributed by atoms with Crippen LogP contribution in [0.3, 0.4) is 0 Å². The first-order valence-corrected chi connectivity index (χ1v) is 6.61. The Kier molecular flexibility index (Phi) is 3.34. The standard InChI is InChI=1S/C14H9Cl2N3O/c15-11-7-6-9(8-12(11)16)13-17-14(20)19(18-13)10-4-2-1-3-5-10/h1-8H,(H,17,18,20). The molecule has 0 aliphatic rings. The lowest BCUT2D eigenvalue weighted by Gasteiger charge is -1.99. The van der Waals surface area contributed by atoms with Gasteiger partial charge in [-0.1, -0.05) is 41.4 Å². The van der Waals surface area contributed by atoms with Crippen LogP contribution in [0.5, 0.6) is 0 Å². The highest BCUT2D eigenvalue weighted by atomic mass is 35.5. The van der Waals surface area contributed by atoms with Crippen molar-refractivity contribution in [1.29, 1.82) is 0 Å². The molecule has 1 aromatic heterocycles. The second-order valence-corrected chi connectivity index (χ2v) is 4.97. The summed E-state index contributed by atoms with van der Waals surface area (Å²) in [5, 5.41) is 5.14. The number of benzene rings is 2. The predicted molar refractivity (Wildman–Crippen MR) is 79.6 cm³/mol. The first-order valence-electron chi connectivity index (χ1n) is 5.85. The van der Waals surface area contributed by atoms with Crippen LogP contribution in [0, 0.1) is 0 Å². The van der Waals surface area contributed by atoms with E-state index in [9.17, 15) is 4.79 Å². The molecule has 1 heterocycles. The first kappa shape index (κ1) is 13.0. The van der Waals surface area contributed by atoms with E-state index in [0.717, 1.165) is 0 Å². The van der Waals surface area contributed by atoms with Crippen LogP contribution < -0.4 is 5.69 Å². The normalized spacial score (nSPS) is 10.7. The Hall–Kier alpha value is -2.04. The lowest BCUT2D eigenvalue weighted by atomic mass is 10.2. The number of hydrogen-bond acceptors (Lipinski definition) is 2. The smallest absolute Gasteiger partial charge is 0.288 e. The van der Waals surface area contributed by atoms with Crippen molar-refractivity contribution in [3.63, 3.8) is 0 Å². The third-order valence-corrected chi connectivity index (χ3v) is 3.55. The van der Waals surface area contributed by atoms with Crippen molar-refractivity contribution >= 4 is 23.2 Å². The van der Waals surface area contributed by atoms with Crippen LogP contribution in [0.15, 0.2) is 53.3 Å². The Balaban J connectivity index is 2.09. The molecule has 0 saturated heterocycles. The number of nitrogens with one attached hydrogen (secondary N) is 1. The zero-order chi connectivity index (χ0) is 14.1. The quantitative estimate of drug-likeness (QED) is 0.787. The lowest BCUT2D eigenvalue weighted by molar-refractivity contribution is 0.845. The van der Waals surface area contributed by atoms with E-state index in [1.807, 2.05) is 18.2 Å². The summed E-state index contributed by atoms with van der Waals surface area (Å²) >= 11 is 11.8. The zero-order valence-electron chi connectivity index (χ0n) is 10.2. The van der Waals surface area contributed by atoms with Gasteiger partial charge in [0.15, 0.2) is 5.82 Å². The van der Waals surface area contributed by atoms with Crippen LogP contribution in [0.2, 0.25) is 10.0 Å². The van der Waals surface area contributed by atoms with Crippen LogP contribution in [-0.4, -0.2) is 14.8 Å². The molecular formula is C14H9Cl2N3O. The van der Waals surface area contributed by atoms with E-state index in [2.05, 4.69) is 10.1 Å². The molecule has 0 atom stereocenters. The SMILES string of the molecule is O=c1[nH]c(-c2ccc(Cl)c(Cl)c2)nn1-c1ccccc1. The summed E-state index contributed by atoms with van der Waals surface area (Å²) in [4.78, 5) is 14.7. The second-order valence-electron chi connectivity index (χ2n) is 4.15. The number of aromatic amines is 1. The Morgan fingerprint density at radius 1 is 1.00 bits per heavy atom. The molecule has 0 radical (unpaired) electrons. The Morgan fingerprint density at radius 3 is 2.45 bits per heavy atom. The van der Waals surface area contributed by atoms with Crippen molar-refractivity contribution < 1.29 is 0 Å². The molecule has 3 rings (SSSR count). The third kappa shape index (κ3) is 2.35. The number of hydrogen-bond donors (Lipinski definition) is 1. The monoisotopic (exact) mass is 305 g/mol. The van der Waals surface area contributed by atoms with E-state index in [1.54, 1.807) is 30.3 Å². The van der Waals surface area contributed by atoms with Crippen molar-refractivity contribution in [3.05, 3.63) is 69.1 Å². The molecule has 1 N–H and O–H groups in total. The summed E-state index contributed by atoms with van der Waals surface area (Å²) in [6, 6.07) is 14.3. The van der Waals surface area contributed by atoms with Gasteiger partial charge >= 0.3 is 5.69 Å². The minimum absolute atomic E-state index is 0.308. The Bertz CT molecular complexity index is 809. The van der Waals surface area contributed by atoms with E-state index in [1.165, 1.54) is 4.68 Å². The van der Waals surface area contributed by atoms with Gasteiger partial charge in [-0.15, -0.1) is 5.10 Å². The molecular weight excluding hydrogens is 297 g/mol. The van der Waals surface area contributed by atoms with Crippen LogP contribution in [0.4, 0.5) is 0 Å². The topological polar surface area (TPSA) is 50.7 Å². The van der Waals surface area contributed by atoms with Crippen molar-refractivity contribution in [2.45, 2.75) is 0 Å². The average Bonchev–Trinajstić information content (AvgIpc) is 2.85. The number of H-pyrrole nitrogens is 1. The van der Waals surface area contributed by atoms with Gasteiger partial charge in [-0.25, -0.2) is 4.79 Å². The molecule has 0 aliphatic heterocycles. The van der Waals surface area contributed by atoms with Gasteiger partial charge in [-0.2, -0.15) is 4.68 Å². The van der Waals surface area contributed by atoms with Crippen LogP contribution in [-0.2, 0) is 0 Å². The molecule has 0 aliphatic carbocycles. The number of halogens is 2. The molecule has 0 unspecified atom stereocenters. The van der Waals surface area contributed by atoms with Gasteiger partial charge in [-0.3, -0.25) is 4.98 Å². The summed E-state index contributed by atoms with van der Waals surface area (Å²) in [7, 11) is 0. The fourth-order valence-electron chi connectivity index (χ4n) is 1.84. The van der Waals surface area contributed by atoms with E-state index in [4.69, 9.17) is 23.2 Å². The van der Waals surface area contributed by atoms with Gasteiger partial charge in [0, 0.05) is 5.56 Å². The molecule has 3 aromatic rings. The third-order valence-electron chi connectivity index (χ3n) is 2.81. The van der Waals surface area contributed by atoms with Crippen molar-refractivity contribution in [3.8, 4) is 17.1 Å². The molecule has 0 saturated carbocycles. The predicted octanol–water partition coefficient (Wildman–Crippen LogP) is 3.53. The first-order chi connectivity index (χ1) is 9.65. The maximum Gasteiger partial charge on any atom is 0.348 e. The van der Waals surface area contributed by atoms with Crippen molar-refractivity contribution in [1.82, 2.24) is 14.8 Å². The summed E-state index contributed by atoms with van der Waals surface area (Å²) in [6.07, 6.45) is 0. The molecule has 100 valence electrons. The number of aromatic nitrogens is 3. The number of nitrogens with zero attached hydrogens (tertiary/aromatic N) is 2. The average molecular weight is 306 g/mol. The Labute approximate surface area is 124 Å². The number of rotatable bonds is 2. The summed E-state index contributed by atoms with van der Waals surface area (Å²) in [6.45, 7) is 0. The van der Waals surface area contributed by atoms with Gasteiger partial charge in [0.2, 0.25) is 0 Å². The van der Waals surface area contributed by atoms with Gasteiger partial charge in [0.1, 0.15) is 0 Å². The van der Waals surface area contributed by atoms with Crippen LogP contribution in [0.25, 0.3) is 17.1 Å². The summed E-state index contributed by atoms with van der Waals surface area (Å²) < 4.78 is 1.30. The summed E-state index contributed by atoms with van der Waals surface area (Å²) in [5.41, 5.74) is 1.09. The zero-order valence-corrected chi connectivity index (χ0v) is 11.7. The van der Waals surface area contributed by atoms with Crippen LogP contribution in [0.1, 0.15) is 0 Å². The maximum atomic E-state index is 12.0. The highest BCUT2D eigenvalue weighted by Crippen LogP contribution is 2.26.